The summed E-state index contributed by atoms with van der Waals surface area (Å²) in [4.78, 5) is 12.7. The second kappa shape index (κ2) is 2.25. The van der Waals surface area contributed by atoms with Crippen molar-refractivity contribution < 1.29 is 4.74 Å². The van der Waals surface area contributed by atoms with Gasteiger partial charge in [0.25, 0.3) is 5.56 Å². The van der Waals surface area contributed by atoms with Crippen molar-refractivity contribution in [3.05, 3.63) is 16.6 Å². The highest BCUT2D eigenvalue weighted by atomic mass is 16.5. The zero-order chi connectivity index (χ0) is 6.69. The lowest BCUT2D eigenvalue weighted by atomic mass is 10.9. The molecule has 0 atom stereocenters. The van der Waals surface area contributed by atoms with Crippen molar-refractivity contribution in [2.75, 3.05) is 7.11 Å². The first kappa shape index (κ1) is 5.74. The highest BCUT2D eigenvalue weighted by molar-refractivity contribution is 4.86. The van der Waals surface area contributed by atoms with Crippen molar-refractivity contribution in [2.24, 2.45) is 0 Å². The second-order valence-corrected chi connectivity index (χ2v) is 1.34. The van der Waals surface area contributed by atoms with Crippen LogP contribution in [-0.4, -0.2) is 22.3 Å². The Morgan fingerprint density at radius 2 is 2.56 bits per heavy atom. The molecular weight excluding hydrogens is 122 g/mol. The molecule has 48 valence electrons. The van der Waals surface area contributed by atoms with Gasteiger partial charge in [-0.2, -0.15) is 0 Å². The number of aromatic amines is 1. The smallest absolute Gasteiger partial charge is 0.315 e. The van der Waals surface area contributed by atoms with Crippen LogP contribution in [0.5, 0.6) is 6.01 Å². The molecule has 1 aromatic heterocycles. The van der Waals surface area contributed by atoms with Crippen molar-refractivity contribution in [1.82, 2.24) is 15.2 Å². The fourth-order valence-electron chi connectivity index (χ4n) is 0.388. The fraction of sp³-hybridized carbons (Fsp3) is 0.250. The maximum absolute atomic E-state index is 10.4. The van der Waals surface area contributed by atoms with E-state index in [0.29, 0.717) is 0 Å². The van der Waals surface area contributed by atoms with Gasteiger partial charge in [0.1, 0.15) is 6.20 Å². The molecule has 0 saturated heterocycles. The third kappa shape index (κ3) is 1.25. The Kier molecular flexibility index (Phi) is 1.44. The van der Waals surface area contributed by atoms with Gasteiger partial charge < -0.3 is 4.74 Å². The Labute approximate surface area is 50.7 Å². The Hall–Kier alpha value is -1.39. The van der Waals surface area contributed by atoms with Gasteiger partial charge in [-0.1, -0.05) is 5.10 Å². The van der Waals surface area contributed by atoms with Gasteiger partial charge in [0.2, 0.25) is 0 Å². The lowest BCUT2D eigenvalue weighted by Gasteiger charge is -1.91. The average molecular weight is 127 g/mol. The monoisotopic (exact) mass is 127 g/mol. The van der Waals surface area contributed by atoms with Crippen LogP contribution in [0.3, 0.4) is 0 Å². The van der Waals surface area contributed by atoms with Gasteiger partial charge in [-0.15, -0.1) is 5.10 Å². The molecule has 0 saturated carbocycles. The molecule has 1 aromatic rings. The summed E-state index contributed by atoms with van der Waals surface area (Å²) < 4.78 is 4.57. The van der Waals surface area contributed by atoms with Crippen LogP contribution in [0.1, 0.15) is 0 Å². The molecule has 0 unspecified atom stereocenters. The lowest BCUT2D eigenvalue weighted by Crippen LogP contribution is -2.08. The molecule has 0 aliphatic rings. The maximum Gasteiger partial charge on any atom is 0.315 e. The van der Waals surface area contributed by atoms with Gasteiger partial charge in [-0.3, -0.25) is 9.78 Å². The van der Waals surface area contributed by atoms with Crippen LogP contribution < -0.4 is 10.3 Å². The molecular formula is C4H5N3O2. The molecule has 1 rings (SSSR count). The summed E-state index contributed by atoms with van der Waals surface area (Å²) in [5, 5.41) is 6.77. The van der Waals surface area contributed by atoms with E-state index in [9.17, 15) is 4.79 Å². The summed E-state index contributed by atoms with van der Waals surface area (Å²) in [5.74, 6) is 0. The molecule has 0 bridgehead atoms. The highest BCUT2D eigenvalue weighted by Gasteiger charge is 1.89. The Balaban J connectivity index is 3.08. The van der Waals surface area contributed by atoms with Crippen LogP contribution in [-0.2, 0) is 0 Å². The molecule has 0 aromatic carbocycles. The zero-order valence-corrected chi connectivity index (χ0v) is 4.79. The number of nitrogens with one attached hydrogen (secondary N) is 1. The predicted molar refractivity (Wildman–Crippen MR) is 29.2 cm³/mol. The minimum Gasteiger partial charge on any atom is -0.467 e. The van der Waals surface area contributed by atoms with Crippen LogP contribution in [0.25, 0.3) is 0 Å². The van der Waals surface area contributed by atoms with Gasteiger partial charge >= 0.3 is 6.01 Å². The molecule has 0 spiro atoms. The predicted octanol–water partition coefficient (Wildman–Crippen LogP) is -0.827. The molecule has 0 aliphatic carbocycles. The number of methoxy groups -OCH3 is 1. The summed E-state index contributed by atoms with van der Waals surface area (Å²) in [5.41, 5.74) is -0.318. The molecule has 5 heteroatoms. The van der Waals surface area contributed by atoms with Crippen LogP contribution in [0.2, 0.25) is 0 Å². The topological polar surface area (TPSA) is 67.9 Å². The van der Waals surface area contributed by atoms with E-state index < -0.39 is 0 Å². The summed E-state index contributed by atoms with van der Waals surface area (Å²) >= 11 is 0. The van der Waals surface area contributed by atoms with E-state index >= 15 is 0 Å². The molecule has 1 N–H and O–H groups in total. The molecule has 0 aliphatic heterocycles. The molecule has 0 amide bonds. The molecule has 9 heavy (non-hydrogen) atoms. The van der Waals surface area contributed by atoms with E-state index in [1.807, 2.05) is 0 Å². The van der Waals surface area contributed by atoms with Crippen molar-refractivity contribution >= 4 is 0 Å². The number of H-pyrrole nitrogens is 1. The third-order valence-corrected chi connectivity index (χ3v) is 0.747. The Morgan fingerprint density at radius 1 is 1.78 bits per heavy atom. The summed E-state index contributed by atoms with van der Waals surface area (Å²) in [6.07, 6.45) is 1.07. The van der Waals surface area contributed by atoms with Crippen molar-refractivity contribution in [1.29, 1.82) is 0 Å². The third-order valence-electron chi connectivity index (χ3n) is 0.747. The van der Waals surface area contributed by atoms with E-state index in [1.54, 1.807) is 0 Å². The number of hydrogen-bond donors (Lipinski definition) is 1. The van der Waals surface area contributed by atoms with E-state index in [0.717, 1.165) is 6.20 Å². The van der Waals surface area contributed by atoms with Gasteiger partial charge in [-0.05, 0) is 0 Å². The normalized spacial score (nSPS) is 9.00. The molecule has 5 nitrogen and oxygen atoms in total. The SMILES string of the molecule is COc1nncc(=O)[nH]1. The first-order valence-corrected chi connectivity index (χ1v) is 2.29. The summed E-state index contributed by atoms with van der Waals surface area (Å²) in [6.45, 7) is 0. The Morgan fingerprint density at radius 3 is 3.00 bits per heavy atom. The van der Waals surface area contributed by atoms with Gasteiger partial charge in [0.05, 0.1) is 7.11 Å². The molecule has 0 radical (unpaired) electrons. The van der Waals surface area contributed by atoms with E-state index in [-0.39, 0.29) is 11.6 Å². The van der Waals surface area contributed by atoms with E-state index in [2.05, 4.69) is 19.9 Å². The fourth-order valence-corrected chi connectivity index (χ4v) is 0.388. The quantitative estimate of drug-likeness (QED) is 0.534. The van der Waals surface area contributed by atoms with Gasteiger partial charge in [-0.25, -0.2) is 0 Å². The number of rotatable bonds is 1. The lowest BCUT2D eigenvalue weighted by molar-refractivity contribution is 0.371. The number of nitrogens with zero attached hydrogens (tertiary/aromatic N) is 2. The Bertz CT molecular complexity index is 244. The first-order valence-electron chi connectivity index (χ1n) is 2.29. The first-order chi connectivity index (χ1) is 4.33. The highest BCUT2D eigenvalue weighted by Crippen LogP contribution is 1.87. The minimum absolute atomic E-state index is 0.127. The standard InChI is InChI=1S/C4H5N3O2/c1-9-4-6-3(8)2-5-7-4/h2H,1H3,(H,6,7,8). The summed E-state index contributed by atoms with van der Waals surface area (Å²) in [6, 6.07) is 0.127. The largest absolute Gasteiger partial charge is 0.467 e. The number of aromatic nitrogens is 3. The average Bonchev–Trinajstić information content (AvgIpc) is 1.88. The minimum atomic E-state index is -0.318. The van der Waals surface area contributed by atoms with Crippen molar-refractivity contribution in [2.45, 2.75) is 0 Å². The van der Waals surface area contributed by atoms with Gasteiger partial charge in [0, 0.05) is 0 Å². The zero-order valence-electron chi connectivity index (χ0n) is 4.79. The molecule has 1 heterocycles. The van der Waals surface area contributed by atoms with Crippen LogP contribution in [0, 0.1) is 0 Å². The van der Waals surface area contributed by atoms with Crippen LogP contribution in [0.4, 0.5) is 0 Å². The van der Waals surface area contributed by atoms with E-state index in [4.69, 9.17) is 0 Å². The van der Waals surface area contributed by atoms with Crippen molar-refractivity contribution in [3.63, 3.8) is 0 Å². The van der Waals surface area contributed by atoms with Crippen LogP contribution >= 0.6 is 0 Å². The number of hydrogen-bond acceptors (Lipinski definition) is 4. The van der Waals surface area contributed by atoms with Crippen molar-refractivity contribution in [3.8, 4) is 6.01 Å². The molecule has 0 fully saturated rings. The van der Waals surface area contributed by atoms with Gasteiger partial charge in [0.15, 0.2) is 0 Å². The number of ether oxygens (including phenoxy) is 1. The van der Waals surface area contributed by atoms with Crippen LogP contribution in [0.15, 0.2) is 11.0 Å². The summed E-state index contributed by atoms with van der Waals surface area (Å²) in [7, 11) is 1.40. The maximum atomic E-state index is 10.4. The second-order valence-electron chi connectivity index (χ2n) is 1.34. The van der Waals surface area contributed by atoms with E-state index in [1.165, 1.54) is 7.11 Å².